The van der Waals surface area contributed by atoms with Crippen molar-refractivity contribution < 1.29 is 0 Å². The number of fused-ring (bicyclic) bond motifs is 3. The summed E-state index contributed by atoms with van der Waals surface area (Å²) in [4.78, 5) is 2.36. The van der Waals surface area contributed by atoms with Crippen molar-refractivity contribution in [2.24, 2.45) is 0 Å². The van der Waals surface area contributed by atoms with Gasteiger partial charge in [-0.2, -0.15) is 0 Å². The van der Waals surface area contributed by atoms with Gasteiger partial charge >= 0.3 is 0 Å². The van der Waals surface area contributed by atoms with Crippen LogP contribution in [0.4, 0.5) is 17.1 Å². The van der Waals surface area contributed by atoms with E-state index in [9.17, 15) is 0 Å². The number of hydrogen-bond donors (Lipinski definition) is 0. The second-order valence-corrected chi connectivity index (χ2v) is 16.1. The maximum Gasteiger partial charge on any atom is 0.0462 e. The van der Waals surface area contributed by atoms with E-state index in [2.05, 4.69) is 207 Å². The zero-order chi connectivity index (χ0) is 37.4. The summed E-state index contributed by atoms with van der Waals surface area (Å²) in [5, 5.41) is 5.49. The summed E-state index contributed by atoms with van der Waals surface area (Å²) in [5.41, 5.74) is 19.5. The van der Waals surface area contributed by atoms with Crippen molar-refractivity contribution in [2.45, 2.75) is 32.1 Å². The first-order valence-corrected chi connectivity index (χ1v) is 19.8. The van der Waals surface area contributed by atoms with Gasteiger partial charge in [-0.05, 0) is 144 Å². The summed E-state index contributed by atoms with van der Waals surface area (Å²) in [7, 11) is 0. The summed E-state index contributed by atoms with van der Waals surface area (Å²) < 4.78 is 0. The minimum absolute atomic E-state index is 0.0235. The van der Waals surface area contributed by atoms with Gasteiger partial charge in [0.15, 0.2) is 0 Å². The van der Waals surface area contributed by atoms with Crippen molar-refractivity contribution in [3.05, 3.63) is 221 Å². The van der Waals surface area contributed by atoms with Crippen LogP contribution in [0.15, 0.2) is 188 Å². The lowest BCUT2D eigenvalue weighted by Gasteiger charge is -2.26. The fourth-order valence-corrected chi connectivity index (χ4v) is 9.82. The number of anilines is 3. The molecule has 0 atom stereocenters. The molecule has 0 radical (unpaired) electrons. The van der Waals surface area contributed by atoms with E-state index in [1.54, 1.807) is 0 Å². The molecule has 1 heteroatoms. The Morgan fingerprint density at radius 2 is 0.911 bits per heavy atom. The van der Waals surface area contributed by atoms with Crippen molar-refractivity contribution in [1.29, 1.82) is 0 Å². The lowest BCUT2D eigenvalue weighted by atomic mass is 9.81. The lowest BCUT2D eigenvalue weighted by molar-refractivity contribution is 0.660. The molecule has 11 rings (SSSR count). The molecule has 0 spiro atoms. The van der Waals surface area contributed by atoms with Crippen LogP contribution in [0.5, 0.6) is 0 Å². The Hall–Kier alpha value is -6.70. The molecule has 0 aliphatic heterocycles. The van der Waals surface area contributed by atoms with Gasteiger partial charge in [0, 0.05) is 22.5 Å². The minimum Gasteiger partial charge on any atom is -0.311 e. The zero-order valence-electron chi connectivity index (χ0n) is 31.8. The first-order valence-electron chi connectivity index (χ1n) is 19.8. The largest absolute Gasteiger partial charge is 0.311 e. The van der Waals surface area contributed by atoms with E-state index >= 15 is 0 Å². The average molecular weight is 716 g/mol. The maximum absolute atomic E-state index is 2.41. The van der Waals surface area contributed by atoms with E-state index < -0.39 is 0 Å². The molecule has 2 aliphatic carbocycles. The fraction of sp³-hybridized carbons (Fsp3) is 0.0909. The molecule has 2 aliphatic rings. The van der Waals surface area contributed by atoms with Crippen LogP contribution >= 0.6 is 0 Å². The molecule has 266 valence electrons. The monoisotopic (exact) mass is 715 g/mol. The van der Waals surface area contributed by atoms with Crippen LogP contribution in [-0.2, 0) is 18.3 Å². The highest BCUT2D eigenvalue weighted by molar-refractivity contribution is 6.02. The summed E-state index contributed by atoms with van der Waals surface area (Å²) in [6, 6.07) is 70.0. The average Bonchev–Trinajstić information content (AvgIpc) is 3.47. The number of para-hydroxylation sites is 1. The molecule has 0 N–H and O–H groups in total. The summed E-state index contributed by atoms with van der Waals surface area (Å²) in [5.74, 6) is 0. The lowest BCUT2D eigenvalue weighted by Crippen LogP contribution is -2.14. The molecular weight excluding hydrogens is 675 g/mol. The third-order valence-corrected chi connectivity index (χ3v) is 12.5. The van der Waals surface area contributed by atoms with Crippen LogP contribution in [0.2, 0.25) is 0 Å². The third kappa shape index (κ3) is 5.15. The van der Waals surface area contributed by atoms with Gasteiger partial charge in [0.05, 0.1) is 0 Å². The molecule has 9 aromatic rings. The van der Waals surface area contributed by atoms with Gasteiger partial charge in [-0.25, -0.2) is 0 Å². The van der Waals surface area contributed by atoms with E-state index in [0.717, 1.165) is 29.9 Å². The topological polar surface area (TPSA) is 3.24 Å². The highest BCUT2D eigenvalue weighted by Crippen LogP contribution is 2.50. The summed E-state index contributed by atoms with van der Waals surface area (Å²) >= 11 is 0. The molecule has 1 nitrogen and oxygen atoms in total. The molecule has 0 fully saturated rings. The van der Waals surface area contributed by atoms with Crippen molar-refractivity contribution in [2.75, 3.05) is 4.90 Å². The van der Waals surface area contributed by atoms with Crippen LogP contribution in [0.3, 0.4) is 0 Å². The summed E-state index contributed by atoms with van der Waals surface area (Å²) in [6.45, 7) is 4.70. The standard InChI is InChI=1S/C55H41N/c1-55(2)51-20-7-6-18-48(51)49-32-25-39(35-52(49)55)36-21-27-45(28-22-36)56(44-16-4-3-5-17-44)46-29-23-37(24-30-46)47-31-26-43-34-41-14-9-12-38-11-8-13-40(53(38)41)33-42-15-10-19-50(47)54(42)43/h3-32,35H,33-34H2,1-2H3. The molecule has 0 saturated carbocycles. The third-order valence-electron chi connectivity index (χ3n) is 12.5. The van der Waals surface area contributed by atoms with E-state index in [1.165, 1.54) is 88.3 Å². The van der Waals surface area contributed by atoms with Gasteiger partial charge in [0.25, 0.3) is 0 Å². The molecule has 0 unspecified atom stereocenters. The zero-order valence-corrected chi connectivity index (χ0v) is 31.8. The molecule has 0 heterocycles. The predicted molar refractivity (Wildman–Crippen MR) is 237 cm³/mol. The van der Waals surface area contributed by atoms with Crippen molar-refractivity contribution in [1.82, 2.24) is 0 Å². The molecule has 0 aromatic heterocycles. The minimum atomic E-state index is -0.0235. The second-order valence-electron chi connectivity index (χ2n) is 16.1. The predicted octanol–water partition coefficient (Wildman–Crippen LogP) is 14.6. The van der Waals surface area contributed by atoms with Gasteiger partial charge in [0.2, 0.25) is 0 Å². The molecular formula is C55H41N. The Kier molecular flexibility index (Phi) is 7.41. The van der Waals surface area contributed by atoms with Gasteiger partial charge in [-0.3, -0.25) is 0 Å². The van der Waals surface area contributed by atoms with Gasteiger partial charge < -0.3 is 4.90 Å². The molecule has 56 heavy (non-hydrogen) atoms. The van der Waals surface area contributed by atoms with Crippen molar-refractivity contribution in [3.63, 3.8) is 0 Å². The van der Waals surface area contributed by atoms with Gasteiger partial charge in [-0.15, -0.1) is 0 Å². The van der Waals surface area contributed by atoms with Crippen LogP contribution in [-0.4, -0.2) is 0 Å². The SMILES string of the molecule is CC1(C)c2ccccc2-c2ccc(-c3ccc(N(c4ccccc4)c4ccc(-c5ccc6c7c(cccc57)Cc5cccc7cccc(c57)C6)cc4)cc3)cc21. The molecule has 0 saturated heterocycles. The highest BCUT2D eigenvalue weighted by atomic mass is 15.1. The number of nitrogens with zero attached hydrogens (tertiary/aromatic N) is 1. The van der Waals surface area contributed by atoms with Gasteiger partial charge in [0.1, 0.15) is 0 Å². The number of hydrogen-bond acceptors (Lipinski definition) is 1. The normalized spacial score (nSPS) is 13.5. The fourth-order valence-electron chi connectivity index (χ4n) is 9.82. The molecule has 9 aromatic carbocycles. The van der Waals surface area contributed by atoms with Crippen LogP contribution in [0.1, 0.15) is 47.2 Å². The Labute approximate surface area is 329 Å². The van der Waals surface area contributed by atoms with Crippen LogP contribution in [0.25, 0.3) is 54.9 Å². The van der Waals surface area contributed by atoms with Gasteiger partial charge in [-0.1, -0.05) is 159 Å². The first-order chi connectivity index (χ1) is 27.5. The van der Waals surface area contributed by atoms with E-state index in [4.69, 9.17) is 0 Å². The highest BCUT2D eigenvalue weighted by Gasteiger charge is 2.35. The Balaban J connectivity index is 0.944. The summed E-state index contributed by atoms with van der Waals surface area (Å²) in [6.07, 6.45) is 1.87. The van der Waals surface area contributed by atoms with E-state index in [-0.39, 0.29) is 5.41 Å². The second kappa shape index (κ2) is 12.7. The van der Waals surface area contributed by atoms with E-state index in [0.29, 0.717) is 0 Å². The Morgan fingerprint density at radius 1 is 0.375 bits per heavy atom. The Bertz CT molecular complexity index is 2920. The Morgan fingerprint density at radius 3 is 1.62 bits per heavy atom. The number of rotatable bonds is 5. The maximum atomic E-state index is 2.41. The number of benzene rings is 9. The van der Waals surface area contributed by atoms with Crippen LogP contribution in [0, 0.1) is 0 Å². The van der Waals surface area contributed by atoms with Crippen LogP contribution < -0.4 is 4.90 Å². The van der Waals surface area contributed by atoms with Crippen molar-refractivity contribution in [3.8, 4) is 33.4 Å². The van der Waals surface area contributed by atoms with Crippen molar-refractivity contribution >= 4 is 38.6 Å². The molecule has 0 bridgehead atoms. The first kappa shape index (κ1) is 32.7. The van der Waals surface area contributed by atoms with E-state index in [1.807, 2.05) is 0 Å². The quantitative estimate of drug-likeness (QED) is 0.171. The molecule has 0 amide bonds. The smallest absolute Gasteiger partial charge is 0.0462 e.